The minimum atomic E-state index is -0.451. The minimum Gasteiger partial charge on any atom is -0.462 e. The Kier molecular flexibility index (Phi) is 5.08. The van der Waals surface area contributed by atoms with Gasteiger partial charge in [-0.05, 0) is 30.2 Å². The summed E-state index contributed by atoms with van der Waals surface area (Å²) in [6, 6.07) is 15.6. The summed E-state index contributed by atoms with van der Waals surface area (Å²) in [6.45, 7) is 2.06. The van der Waals surface area contributed by atoms with E-state index in [1.165, 1.54) is 18.2 Å². The third-order valence-electron chi connectivity index (χ3n) is 2.82. The molecular formula is C18H15FO2. The molecule has 0 saturated heterocycles. The van der Waals surface area contributed by atoms with E-state index in [1.807, 2.05) is 30.3 Å². The summed E-state index contributed by atoms with van der Waals surface area (Å²) >= 11 is 0. The number of benzene rings is 2. The lowest BCUT2D eigenvalue weighted by atomic mass is 9.99. The van der Waals surface area contributed by atoms with Crippen LogP contribution in [0.15, 0.2) is 66.4 Å². The molecule has 0 radical (unpaired) electrons. The Balaban J connectivity index is 2.47. The molecule has 2 nitrogen and oxygen atoms in total. The van der Waals surface area contributed by atoms with Crippen molar-refractivity contribution in [3.63, 3.8) is 0 Å². The van der Waals surface area contributed by atoms with Crippen molar-refractivity contribution in [3.8, 4) is 0 Å². The SMILES string of the molecule is CCOC(=O)C=C=C(c1ccccc1)c1ccc(F)cc1. The molecule has 0 aliphatic carbocycles. The van der Waals surface area contributed by atoms with Crippen molar-refractivity contribution in [1.29, 1.82) is 0 Å². The van der Waals surface area contributed by atoms with Gasteiger partial charge in [0.1, 0.15) is 5.82 Å². The van der Waals surface area contributed by atoms with Crippen LogP contribution in [0.5, 0.6) is 0 Å². The maximum absolute atomic E-state index is 13.1. The van der Waals surface area contributed by atoms with Crippen molar-refractivity contribution in [2.45, 2.75) is 6.92 Å². The van der Waals surface area contributed by atoms with E-state index < -0.39 is 5.97 Å². The zero-order valence-corrected chi connectivity index (χ0v) is 11.7. The lowest BCUT2D eigenvalue weighted by Gasteiger charge is -2.05. The minimum absolute atomic E-state index is 0.305. The summed E-state index contributed by atoms with van der Waals surface area (Å²) in [5.74, 6) is -0.756. The monoisotopic (exact) mass is 282 g/mol. The van der Waals surface area contributed by atoms with Gasteiger partial charge in [-0.2, -0.15) is 0 Å². The first kappa shape index (κ1) is 14.8. The summed E-state index contributed by atoms with van der Waals surface area (Å²) in [5, 5.41) is 0. The first-order valence-electron chi connectivity index (χ1n) is 6.65. The second-order valence-electron chi connectivity index (χ2n) is 4.29. The fraction of sp³-hybridized carbons (Fsp3) is 0.111. The number of rotatable bonds is 4. The highest BCUT2D eigenvalue weighted by Gasteiger charge is 2.04. The molecule has 0 amide bonds. The summed E-state index contributed by atoms with van der Waals surface area (Å²) in [4.78, 5) is 11.5. The molecule has 0 heterocycles. The fourth-order valence-electron chi connectivity index (χ4n) is 1.87. The zero-order valence-electron chi connectivity index (χ0n) is 11.7. The van der Waals surface area contributed by atoms with Crippen LogP contribution in [0.25, 0.3) is 5.57 Å². The molecule has 0 saturated carbocycles. The smallest absolute Gasteiger partial charge is 0.338 e. The van der Waals surface area contributed by atoms with Crippen LogP contribution in [-0.2, 0) is 9.53 Å². The molecule has 3 heteroatoms. The van der Waals surface area contributed by atoms with Gasteiger partial charge in [0.15, 0.2) is 0 Å². The van der Waals surface area contributed by atoms with Gasteiger partial charge in [-0.3, -0.25) is 0 Å². The zero-order chi connectivity index (χ0) is 15.1. The molecule has 0 aliphatic rings. The van der Waals surface area contributed by atoms with Gasteiger partial charge >= 0.3 is 5.97 Å². The van der Waals surface area contributed by atoms with Crippen LogP contribution in [0.3, 0.4) is 0 Å². The predicted molar refractivity (Wildman–Crippen MR) is 80.1 cm³/mol. The number of carbonyl (C=O) groups is 1. The second-order valence-corrected chi connectivity index (χ2v) is 4.29. The molecule has 2 aromatic rings. The molecule has 0 fully saturated rings. The van der Waals surface area contributed by atoms with Crippen molar-refractivity contribution in [1.82, 2.24) is 0 Å². The van der Waals surface area contributed by atoms with Crippen molar-refractivity contribution in [2.24, 2.45) is 0 Å². The number of esters is 1. The normalized spacial score (nSPS) is 9.62. The molecule has 0 unspecified atom stereocenters. The molecule has 0 bridgehead atoms. The molecule has 21 heavy (non-hydrogen) atoms. The van der Waals surface area contributed by atoms with Gasteiger partial charge < -0.3 is 4.74 Å². The van der Waals surface area contributed by atoms with Crippen molar-refractivity contribution < 1.29 is 13.9 Å². The number of hydrogen-bond donors (Lipinski definition) is 0. The van der Waals surface area contributed by atoms with E-state index in [0.29, 0.717) is 12.2 Å². The van der Waals surface area contributed by atoms with Crippen LogP contribution < -0.4 is 0 Å². The van der Waals surface area contributed by atoms with Crippen molar-refractivity contribution in [3.05, 3.63) is 83.3 Å². The highest BCUT2D eigenvalue weighted by atomic mass is 19.1. The molecule has 2 aromatic carbocycles. The fourth-order valence-corrected chi connectivity index (χ4v) is 1.87. The van der Waals surface area contributed by atoms with Crippen LogP contribution in [-0.4, -0.2) is 12.6 Å². The Morgan fingerprint density at radius 3 is 2.33 bits per heavy atom. The maximum Gasteiger partial charge on any atom is 0.338 e. The summed E-state index contributed by atoms with van der Waals surface area (Å²) in [5.41, 5.74) is 5.34. The molecule has 2 rings (SSSR count). The second kappa shape index (κ2) is 7.22. The average molecular weight is 282 g/mol. The Hall–Kier alpha value is -2.64. The number of halogens is 1. The van der Waals surface area contributed by atoms with E-state index in [9.17, 15) is 9.18 Å². The first-order chi connectivity index (χ1) is 10.2. The summed E-state index contributed by atoms with van der Waals surface area (Å²) in [6.07, 6.45) is 1.26. The molecule has 0 N–H and O–H groups in total. The highest BCUT2D eigenvalue weighted by Crippen LogP contribution is 2.22. The van der Waals surface area contributed by atoms with Crippen LogP contribution in [0.2, 0.25) is 0 Å². The van der Waals surface area contributed by atoms with E-state index in [0.717, 1.165) is 11.1 Å². The maximum atomic E-state index is 13.1. The van der Waals surface area contributed by atoms with Gasteiger partial charge in [0.05, 0.1) is 12.7 Å². The van der Waals surface area contributed by atoms with Crippen LogP contribution in [0, 0.1) is 5.82 Å². The molecule has 0 spiro atoms. The van der Waals surface area contributed by atoms with Gasteiger partial charge in [0.25, 0.3) is 0 Å². The van der Waals surface area contributed by atoms with Gasteiger partial charge in [0, 0.05) is 5.57 Å². The first-order valence-corrected chi connectivity index (χ1v) is 6.65. The van der Waals surface area contributed by atoms with E-state index in [4.69, 9.17) is 4.74 Å². The average Bonchev–Trinajstić information content (AvgIpc) is 2.50. The third-order valence-corrected chi connectivity index (χ3v) is 2.82. The number of hydrogen-bond acceptors (Lipinski definition) is 2. The van der Waals surface area contributed by atoms with Crippen LogP contribution >= 0.6 is 0 Å². The van der Waals surface area contributed by atoms with Gasteiger partial charge in [-0.15, -0.1) is 5.73 Å². The third kappa shape index (κ3) is 4.16. The van der Waals surface area contributed by atoms with Crippen LogP contribution in [0.1, 0.15) is 18.1 Å². The van der Waals surface area contributed by atoms with Gasteiger partial charge in [-0.25, -0.2) is 9.18 Å². The summed E-state index contributed by atoms with van der Waals surface area (Å²) < 4.78 is 17.9. The largest absolute Gasteiger partial charge is 0.462 e. The molecular weight excluding hydrogens is 267 g/mol. The predicted octanol–water partition coefficient (Wildman–Crippen LogP) is 3.98. The highest BCUT2D eigenvalue weighted by molar-refractivity contribution is 5.86. The van der Waals surface area contributed by atoms with E-state index in [2.05, 4.69) is 5.73 Å². The van der Waals surface area contributed by atoms with E-state index >= 15 is 0 Å². The van der Waals surface area contributed by atoms with Gasteiger partial charge in [-0.1, -0.05) is 42.5 Å². The molecule has 0 atom stereocenters. The quantitative estimate of drug-likeness (QED) is 0.482. The lowest BCUT2D eigenvalue weighted by Crippen LogP contribution is -1.98. The molecule has 0 aliphatic heterocycles. The Morgan fingerprint density at radius 1 is 1.10 bits per heavy atom. The lowest BCUT2D eigenvalue weighted by molar-refractivity contribution is -0.137. The standard InChI is InChI=1S/C18H15FO2/c1-2-21-18(20)13-12-17(14-6-4-3-5-7-14)15-8-10-16(19)11-9-15/h3-11,13H,2H2,1H3. The van der Waals surface area contributed by atoms with E-state index in [-0.39, 0.29) is 5.82 Å². The Bertz CT molecular complexity index is 666. The van der Waals surface area contributed by atoms with Crippen LogP contribution in [0.4, 0.5) is 4.39 Å². The van der Waals surface area contributed by atoms with E-state index in [1.54, 1.807) is 19.1 Å². The van der Waals surface area contributed by atoms with Crippen molar-refractivity contribution >= 4 is 11.5 Å². The topological polar surface area (TPSA) is 26.3 Å². The van der Waals surface area contributed by atoms with Crippen molar-refractivity contribution in [2.75, 3.05) is 6.61 Å². The Labute approximate surface area is 123 Å². The molecule has 106 valence electrons. The molecule has 0 aromatic heterocycles. The number of ether oxygens (including phenoxy) is 1. The summed E-state index contributed by atoms with van der Waals surface area (Å²) in [7, 11) is 0. The Morgan fingerprint density at radius 2 is 1.71 bits per heavy atom. The number of carbonyl (C=O) groups excluding carboxylic acids is 1. The van der Waals surface area contributed by atoms with Gasteiger partial charge in [0.2, 0.25) is 0 Å².